The van der Waals surface area contributed by atoms with Crippen LogP contribution < -0.4 is 16.0 Å². The minimum atomic E-state index is -3.51. The Kier molecular flexibility index (Phi) is 5.54. The lowest BCUT2D eigenvalue weighted by atomic mass is 10.3. The van der Waals surface area contributed by atoms with Crippen LogP contribution >= 0.6 is 0 Å². The fraction of sp³-hybridized carbons (Fsp3) is 0.455. The molecule has 0 spiro atoms. The van der Waals surface area contributed by atoms with Crippen LogP contribution in [0.15, 0.2) is 29.2 Å². The topological polar surface area (TPSA) is 93.4 Å². The quantitative estimate of drug-likeness (QED) is 0.501. The summed E-state index contributed by atoms with van der Waals surface area (Å²) in [6, 6.07) is 5.90. The third-order valence-electron chi connectivity index (χ3n) is 2.26. The molecule has 1 atom stereocenters. The van der Waals surface area contributed by atoms with Crippen LogP contribution in [-0.2, 0) is 14.8 Å². The van der Waals surface area contributed by atoms with E-state index >= 15 is 0 Å². The Morgan fingerprint density at radius 3 is 2.44 bits per heavy atom. The van der Waals surface area contributed by atoms with Crippen molar-refractivity contribution in [2.45, 2.75) is 24.8 Å². The lowest BCUT2D eigenvalue weighted by Gasteiger charge is -2.14. The maximum atomic E-state index is 12.0. The first-order valence-electron chi connectivity index (χ1n) is 5.66. The van der Waals surface area contributed by atoms with Gasteiger partial charge in [0.15, 0.2) is 0 Å². The van der Waals surface area contributed by atoms with E-state index in [0.29, 0.717) is 18.9 Å². The van der Waals surface area contributed by atoms with Crippen LogP contribution in [0.2, 0.25) is 0 Å². The summed E-state index contributed by atoms with van der Waals surface area (Å²) in [5.41, 5.74) is 3.09. The lowest BCUT2D eigenvalue weighted by molar-refractivity contribution is 0.133. The van der Waals surface area contributed by atoms with Crippen molar-refractivity contribution in [2.24, 2.45) is 5.84 Å². The molecule has 0 aliphatic heterocycles. The summed E-state index contributed by atoms with van der Waals surface area (Å²) in [4.78, 5) is 0.199. The number of rotatable bonds is 7. The van der Waals surface area contributed by atoms with Crippen molar-refractivity contribution in [3.63, 3.8) is 0 Å². The van der Waals surface area contributed by atoms with Gasteiger partial charge in [0.25, 0.3) is 0 Å². The molecule has 0 bridgehead atoms. The number of ether oxygens (including phenoxy) is 1. The van der Waals surface area contributed by atoms with E-state index in [-0.39, 0.29) is 10.9 Å². The molecular weight excluding hydrogens is 254 g/mol. The normalized spacial score (nSPS) is 13.3. The van der Waals surface area contributed by atoms with Gasteiger partial charge in [-0.2, -0.15) is 0 Å². The molecule has 102 valence electrons. The van der Waals surface area contributed by atoms with Gasteiger partial charge in [0.1, 0.15) is 0 Å². The van der Waals surface area contributed by atoms with Crippen molar-refractivity contribution in [1.82, 2.24) is 4.72 Å². The molecule has 7 heteroatoms. The van der Waals surface area contributed by atoms with Gasteiger partial charge in [-0.3, -0.25) is 5.84 Å². The molecular formula is C11H19N3O3S. The third-order valence-corrected chi connectivity index (χ3v) is 3.87. The van der Waals surface area contributed by atoms with E-state index in [1.54, 1.807) is 19.1 Å². The van der Waals surface area contributed by atoms with E-state index in [4.69, 9.17) is 10.6 Å². The number of hydrogen-bond acceptors (Lipinski definition) is 5. The highest BCUT2D eigenvalue weighted by atomic mass is 32.2. The molecule has 0 fully saturated rings. The molecule has 0 radical (unpaired) electrons. The monoisotopic (exact) mass is 273 g/mol. The average molecular weight is 273 g/mol. The van der Waals surface area contributed by atoms with Crippen molar-refractivity contribution in [1.29, 1.82) is 0 Å². The molecule has 6 nitrogen and oxygen atoms in total. The van der Waals surface area contributed by atoms with Crippen molar-refractivity contribution < 1.29 is 13.2 Å². The summed E-state index contributed by atoms with van der Waals surface area (Å²) in [6.45, 7) is 4.52. The Hall–Kier alpha value is -1.15. The van der Waals surface area contributed by atoms with Crippen molar-refractivity contribution in [3.8, 4) is 0 Å². The fourth-order valence-corrected chi connectivity index (χ4v) is 2.62. The van der Waals surface area contributed by atoms with Gasteiger partial charge in [-0.1, -0.05) is 0 Å². The van der Waals surface area contributed by atoms with Crippen LogP contribution in [0.4, 0.5) is 5.69 Å². The first-order chi connectivity index (χ1) is 8.49. The van der Waals surface area contributed by atoms with Crippen LogP contribution in [-0.4, -0.2) is 27.7 Å². The van der Waals surface area contributed by atoms with Gasteiger partial charge in [-0.05, 0) is 38.1 Å². The van der Waals surface area contributed by atoms with E-state index in [2.05, 4.69) is 10.1 Å². The molecule has 0 aliphatic carbocycles. The van der Waals surface area contributed by atoms with E-state index in [0.717, 1.165) is 0 Å². The maximum absolute atomic E-state index is 12.0. The first kappa shape index (κ1) is 14.9. The summed E-state index contributed by atoms with van der Waals surface area (Å²) >= 11 is 0. The van der Waals surface area contributed by atoms with Crippen LogP contribution in [0, 0.1) is 0 Å². The Balaban J connectivity index is 2.73. The van der Waals surface area contributed by atoms with Gasteiger partial charge in [0, 0.05) is 18.3 Å². The SMILES string of the molecule is CCOCC(C)NS(=O)(=O)c1ccc(NN)cc1. The molecule has 0 aliphatic rings. The molecule has 0 saturated heterocycles. The highest BCUT2D eigenvalue weighted by Gasteiger charge is 2.17. The molecule has 4 N–H and O–H groups in total. The van der Waals surface area contributed by atoms with Crippen molar-refractivity contribution in [3.05, 3.63) is 24.3 Å². The van der Waals surface area contributed by atoms with E-state index in [9.17, 15) is 8.42 Å². The van der Waals surface area contributed by atoms with Crippen molar-refractivity contribution >= 4 is 15.7 Å². The molecule has 0 heterocycles. The molecule has 1 rings (SSSR count). The minimum Gasteiger partial charge on any atom is -0.380 e. The maximum Gasteiger partial charge on any atom is 0.240 e. The standard InChI is InChI=1S/C11H19N3O3S/c1-3-17-8-9(2)14-18(15,16)11-6-4-10(13-12)5-7-11/h4-7,9,13-14H,3,8,12H2,1-2H3. The average Bonchev–Trinajstić information content (AvgIpc) is 2.36. The summed E-state index contributed by atoms with van der Waals surface area (Å²) in [7, 11) is -3.51. The summed E-state index contributed by atoms with van der Waals surface area (Å²) in [5, 5.41) is 0. The number of anilines is 1. The molecule has 1 unspecified atom stereocenters. The fourth-order valence-electron chi connectivity index (χ4n) is 1.39. The predicted octanol–water partition coefficient (Wildman–Crippen LogP) is 0.675. The highest BCUT2D eigenvalue weighted by Crippen LogP contribution is 2.13. The number of nitrogen functional groups attached to an aromatic ring is 1. The number of nitrogens with two attached hydrogens (primary N) is 1. The zero-order chi connectivity index (χ0) is 13.6. The van der Waals surface area contributed by atoms with Gasteiger partial charge < -0.3 is 10.2 Å². The third kappa shape index (κ3) is 4.26. The van der Waals surface area contributed by atoms with Crippen LogP contribution in [0.1, 0.15) is 13.8 Å². The highest BCUT2D eigenvalue weighted by molar-refractivity contribution is 7.89. The molecule has 1 aromatic rings. The Labute approximate surface area is 108 Å². The Morgan fingerprint density at radius 1 is 1.33 bits per heavy atom. The van der Waals surface area contributed by atoms with Crippen molar-refractivity contribution in [2.75, 3.05) is 18.6 Å². The minimum absolute atomic E-state index is 0.199. The smallest absolute Gasteiger partial charge is 0.240 e. The Morgan fingerprint density at radius 2 is 1.94 bits per heavy atom. The first-order valence-corrected chi connectivity index (χ1v) is 7.14. The molecule has 1 aromatic carbocycles. The number of sulfonamides is 1. The van der Waals surface area contributed by atoms with Gasteiger partial charge >= 0.3 is 0 Å². The zero-order valence-corrected chi connectivity index (χ0v) is 11.3. The molecule has 0 saturated carbocycles. The summed E-state index contributed by atoms with van der Waals surface area (Å²) in [5.74, 6) is 5.21. The van der Waals surface area contributed by atoms with Gasteiger partial charge in [0.2, 0.25) is 10.0 Å². The van der Waals surface area contributed by atoms with E-state index in [1.165, 1.54) is 12.1 Å². The van der Waals surface area contributed by atoms with Crippen LogP contribution in [0.25, 0.3) is 0 Å². The number of hydrogen-bond donors (Lipinski definition) is 3. The van der Waals surface area contributed by atoms with E-state index in [1.807, 2.05) is 6.92 Å². The zero-order valence-electron chi connectivity index (χ0n) is 10.5. The predicted molar refractivity (Wildman–Crippen MR) is 70.5 cm³/mol. The summed E-state index contributed by atoms with van der Waals surface area (Å²) < 4.78 is 31.7. The van der Waals surface area contributed by atoms with Gasteiger partial charge in [-0.25, -0.2) is 13.1 Å². The summed E-state index contributed by atoms with van der Waals surface area (Å²) in [6.07, 6.45) is 0. The van der Waals surface area contributed by atoms with Crippen LogP contribution in [0.3, 0.4) is 0 Å². The van der Waals surface area contributed by atoms with Gasteiger partial charge in [0.05, 0.1) is 11.5 Å². The second-order valence-corrected chi connectivity index (χ2v) is 5.56. The molecule has 0 amide bonds. The number of hydrazine groups is 1. The lowest BCUT2D eigenvalue weighted by Crippen LogP contribution is -2.35. The molecule has 0 aromatic heterocycles. The van der Waals surface area contributed by atoms with Gasteiger partial charge in [-0.15, -0.1) is 0 Å². The largest absolute Gasteiger partial charge is 0.380 e. The Bertz CT molecular complexity index is 459. The van der Waals surface area contributed by atoms with E-state index < -0.39 is 10.0 Å². The number of benzene rings is 1. The molecule has 18 heavy (non-hydrogen) atoms. The second kappa shape index (κ2) is 6.69. The van der Waals surface area contributed by atoms with Crippen LogP contribution in [0.5, 0.6) is 0 Å². The number of nitrogens with one attached hydrogen (secondary N) is 2. The second-order valence-electron chi connectivity index (χ2n) is 3.85.